The van der Waals surface area contributed by atoms with Gasteiger partial charge in [-0.25, -0.2) is 0 Å². The van der Waals surface area contributed by atoms with E-state index in [0.29, 0.717) is 0 Å². The van der Waals surface area contributed by atoms with Gasteiger partial charge in [-0.05, 0) is 44.3 Å². The molecule has 0 radical (unpaired) electrons. The molecule has 2 unspecified atom stereocenters. The Hall–Kier alpha value is -0.0800. The van der Waals surface area contributed by atoms with Gasteiger partial charge in [0.15, 0.2) is 0 Å². The average molecular weight is 212 g/mol. The maximum atomic E-state index is 3.49. The van der Waals surface area contributed by atoms with Crippen molar-refractivity contribution in [1.82, 2.24) is 10.2 Å². The molecule has 0 bridgehead atoms. The van der Waals surface area contributed by atoms with Crippen LogP contribution in [0.1, 0.15) is 40.5 Å². The number of rotatable bonds is 7. The van der Waals surface area contributed by atoms with Crippen LogP contribution in [0.4, 0.5) is 0 Å². The van der Waals surface area contributed by atoms with E-state index in [1.54, 1.807) is 0 Å². The Labute approximate surface area is 95.4 Å². The summed E-state index contributed by atoms with van der Waals surface area (Å²) in [7, 11) is 0. The molecule has 0 aliphatic heterocycles. The van der Waals surface area contributed by atoms with Crippen molar-refractivity contribution in [2.75, 3.05) is 26.2 Å². The third-order valence-corrected chi connectivity index (χ3v) is 3.51. The number of hydrogen-bond donors (Lipinski definition) is 1. The highest BCUT2D eigenvalue weighted by Crippen LogP contribution is 2.31. The molecule has 0 amide bonds. The van der Waals surface area contributed by atoms with Gasteiger partial charge < -0.3 is 10.2 Å². The number of nitrogens with zero attached hydrogens (tertiary/aromatic N) is 1. The minimum atomic E-state index is 0.797. The van der Waals surface area contributed by atoms with Gasteiger partial charge in [0.1, 0.15) is 0 Å². The topological polar surface area (TPSA) is 15.3 Å². The summed E-state index contributed by atoms with van der Waals surface area (Å²) in [6.07, 6.45) is 2.84. The van der Waals surface area contributed by atoms with Crippen LogP contribution in [0, 0.1) is 11.8 Å². The van der Waals surface area contributed by atoms with Crippen LogP contribution in [0.5, 0.6) is 0 Å². The lowest BCUT2D eigenvalue weighted by Gasteiger charge is -2.45. The Kier molecular flexibility index (Phi) is 5.62. The lowest BCUT2D eigenvalue weighted by atomic mass is 9.78. The second kappa shape index (κ2) is 6.49. The van der Waals surface area contributed by atoms with Gasteiger partial charge in [0.05, 0.1) is 0 Å². The Bertz CT molecular complexity index is 168. The van der Waals surface area contributed by atoms with Crippen molar-refractivity contribution in [2.24, 2.45) is 11.8 Å². The van der Waals surface area contributed by atoms with E-state index in [1.807, 2.05) is 0 Å². The molecular formula is C13H28N2. The van der Waals surface area contributed by atoms with Gasteiger partial charge in [-0.1, -0.05) is 27.7 Å². The molecule has 2 heteroatoms. The van der Waals surface area contributed by atoms with E-state index in [9.17, 15) is 0 Å². The molecule has 2 nitrogen and oxygen atoms in total. The van der Waals surface area contributed by atoms with Crippen molar-refractivity contribution >= 4 is 0 Å². The molecule has 15 heavy (non-hydrogen) atoms. The highest BCUT2D eigenvalue weighted by atomic mass is 15.2. The minimum Gasteiger partial charge on any atom is -0.317 e. The van der Waals surface area contributed by atoms with Gasteiger partial charge in [0.25, 0.3) is 0 Å². The summed E-state index contributed by atoms with van der Waals surface area (Å²) in [4.78, 5) is 2.68. The summed E-state index contributed by atoms with van der Waals surface area (Å²) in [6, 6.07) is 0.858. The Morgan fingerprint density at radius 3 is 2.40 bits per heavy atom. The quantitative estimate of drug-likeness (QED) is 0.697. The van der Waals surface area contributed by atoms with Crippen molar-refractivity contribution in [3.63, 3.8) is 0 Å². The van der Waals surface area contributed by atoms with E-state index < -0.39 is 0 Å². The molecule has 0 aromatic heterocycles. The van der Waals surface area contributed by atoms with Crippen LogP contribution in [0.3, 0.4) is 0 Å². The fourth-order valence-electron chi connectivity index (χ4n) is 2.57. The van der Waals surface area contributed by atoms with Crippen LogP contribution >= 0.6 is 0 Å². The Morgan fingerprint density at radius 1 is 1.27 bits per heavy atom. The summed E-state index contributed by atoms with van der Waals surface area (Å²) < 4.78 is 0. The molecule has 1 aliphatic rings. The van der Waals surface area contributed by atoms with E-state index in [-0.39, 0.29) is 0 Å². The average Bonchev–Trinajstić information content (AvgIpc) is 2.15. The molecule has 1 saturated carbocycles. The lowest BCUT2D eigenvalue weighted by Crippen LogP contribution is -2.51. The molecule has 0 aromatic carbocycles. The van der Waals surface area contributed by atoms with Gasteiger partial charge >= 0.3 is 0 Å². The molecule has 2 atom stereocenters. The van der Waals surface area contributed by atoms with E-state index in [4.69, 9.17) is 0 Å². The van der Waals surface area contributed by atoms with E-state index in [2.05, 4.69) is 37.9 Å². The van der Waals surface area contributed by atoms with Crippen molar-refractivity contribution in [3.8, 4) is 0 Å². The van der Waals surface area contributed by atoms with Gasteiger partial charge in [-0.3, -0.25) is 0 Å². The van der Waals surface area contributed by atoms with Crippen molar-refractivity contribution in [1.29, 1.82) is 0 Å². The first-order chi connectivity index (χ1) is 7.19. The highest BCUT2D eigenvalue weighted by molar-refractivity contribution is 4.89. The summed E-state index contributed by atoms with van der Waals surface area (Å²) in [6.45, 7) is 13.9. The van der Waals surface area contributed by atoms with Gasteiger partial charge in [-0.15, -0.1) is 0 Å². The van der Waals surface area contributed by atoms with Gasteiger partial charge in [0.2, 0.25) is 0 Å². The van der Waals surface area contributed by atoms with Crippen molar-refractivity contribution < 1.29 is 0 Å². The number of nitrogens with one attached hydrogen (secondary N) is 1. The standard InChI is InChI=1S/C13H28N2/c1-5-14-9-12-7-8-13(12)15(6-2)10-11(3)4/h11-14H,5-10H2,1-4H3. The largest absolute Gasteiger partial charge is 0.317 e. The second-order valence-corrected chi connectivity index (χ2v) is 5.19. The first-order valence-electron chi connectivity index (χ1n) is 6.63. The molecule has 90 valence electrons. The zero-order valence-electron chi connectivity index (χ0n) is 10.9. The summed E-state index contributed by atoms with van der Waals surface area (Å²) in [5, 5.41) is 3.49. The monoisotopic (exact) mass is 212 g/mol. The molecular weight excluding hydrogens is 184 g/mol. The normalized spacial score (nSPS) is 26.0. The fraction of sp³-hybridized carbons (Fsp3) is 1.00. The third-order valence-electron chi connectivity index (χ3n) is 3.51. The SMILES string of the molecule is CCNCC1CCC1N(CC)CC(C)C. The minimum absolute atomic E-state index is 0.797. The Morgan fingerprint density at radius 2 is 2.00 bits per heavy atom. The lowest BCUT2D eigenvalue weighted by molar-refractivity contribution is 0.0572. The second-order valence-electron chi connectivity index (χ2n) is 5.19. The van der Waals surface area contributed by atoms with Gasteiger partial charge in [0, 0.05) is 12.6 Å². The molecule has 1 aliphatic carbocycles. The highest BCUT2D eigenvalue weighted by Gasteiger charge is 2.34. The number of hydrogen-bond acceptors (Lipinski definition) is 2. The smallest absolute Gasteiger partial charge is 0.0136 e. The predicted octanol–water partition coefficient (Wildman–Crippen LogP) is 2.35. The molecule has 0 saturated heterocycles. The van der Waals surface area contributed by atoms with Crippen molar-refractivity contribution in [3.05, 3.63) is 0 Å². The van der Waals surface area contributed by atoms with Crippen molar-refractivity contribution in [2.45, 2.75) is 46.6 Å². The van der Waals surface area contributed by atoms with Gasteiger partial charge in [-0.2, -0.15) is 0 Å². The molecule has 1 fully saturated rings. The van der Waals surface area contributed by atoms with Crippen LogP contribution < -0.4 is 5.32 Å². The first kappa shape index (κ1) is 13.0. The van der Waals surface area contributed by atoms with E-state index in [0.717, 1.165) is 24.4 Å². The van der Waals surface area contributed by atoms with E-state index in [1.165, 1.54) is 32.5 Å². The predicted molar refractivity (Wildman–Crippen MR) is 67.1 cm³/mol. The molecule has 0 spiro atoms. The molecule has 1 rings (SSSR count). The van der Waals surface area contributed by atoms with Crippen LogP contribution in [0.2, 0.25) is 0 Å². The maximum Gasteiger partial charge on any atom is 0.0136 e. The third kappa shape index (κ3) is 3.76. The van der Waals surface area contributed by atoms with Crippen LogP contribution in [0.15, 0.2) is 0 Å². The summed E-state index contributed by atoms with van der Waals surface area (Å²) >= 11 is 0. The van der Waals surface area contributed by atoms with Crippen LogP contribution in [-0.2, 0) is 0 Å². The van der Waals surface area contributed by atoms with E-state index >= 15 is 0 Å². The molecule has 1 N–H and O–H groups in total. The fourth-order valence-corrected chi connectivity index (χ4v) is 2.57. The summed E-state index contributed by atoms with van der Waals surface area (Å²) in [5.74, 6) is 1.70. The zero-order chi connectivity index (χ0) is 11.3. The van der Waals surface area contributed by atoms with Crippen LogP contribution in [-0.4, -0.2) is 37.1 Å². The molecule has 0 aromatic rings. The molecule has 0 heterocycles. The Balaban J connectivity index is 2.33. The maximum absolute atomic E-state index is 3.49. The summed E-state index contributed by atoms with van der Waals surface area (Å²) in [5.41, 5.74) is 0. The van der Waals surface area contributed by atoms with Crippen LogP contribution in [0.25, 0.3) is 0 Å². The zero-order valence-corrected chi connectivity index (χ0v) is 10.9. The first-order valence-corrected chi connectivity index (χ1v) is 6.63.